The molecule has 0 bridgehead atoms. The predicted octanol–water partition coefficient (Wildman–Crippen LogP) is 3.58. The largest absolute Gasteiger partial charge is 0.363 e. The van der Waals surface area contributed by atoms with Gasteiger partial charge in [-0.1, -0.05) is 30.3 Å². The molecule has 0 saturated heterocycles. The average molecular weight is 305 g/mol. The van der Waals surface area contributed by atoms with Crippen LogP contribution in [0.15, 0.2) is 60.8 Å². The molecule has 1 amide bonds. The van der Waals surface area contributed by atoms with Gasteiger partial charge in [0.05, 0.1) is 5.56 Å². The van der Waals surface area contributed by atoms with Crippen molar-refractivity contribution >= 4 is 28.2 Å². The molecule has 0 fully saturated rings. The summed E-state index contributed by atoms with van der Waals surface area (Å²) in [5.41, 5.74) is 1.44. The maximum atomic E-state index is 12.6. The Morgan fingerprint density at radius 3 is 2.30 bits per heavy atom. The van der Waals surface area contributed by atoms with Crippen molar-refractivity contribution in [2.45, 2.75) is 0 Å². The van der Waals surface area contributed by atoms with Crippen molar-refractivity contribution in [3.63, 3.8) is 0 Å². The fourth-order valence-electron chi connectivity index (χ4n) is 2.47. The highest BCUT2D eigenvalue weighted by Gasteiger charge is 2.14. The third-order valence-corrected chi connectivity index (χ3v) is 3.88. The van der Waals surface area contributed by atoms with E-state index < -0.39 is 0 Å². The normalized spacial score (nSPS) is 10.6. The zero-order chi connectivity index (χ0) is 16.4. The van der Waals surface area contributed by atoms with Gasteiger partial charge in [-0.05, 0) is 35.0 Å². The molecule has 0 unspecified atom stereocenters. The lowest BCUT2D eigenvalue weighted by Gasteiger charge is -2.18. The molecule has 0 aliphatic carbocycles. The van der Waals surface area contributed by atoms with Crippen molar-refractivity contribution in [1.29, 1.82) is 0 Å². The van der Waals surface area contributed by atoms with Crippen LogP contribution in [-0.4, -0.2) is 32.0 Å². The van der Waals surface area contributed by atoms with Gasteiger partial charge in [-0.3, -0.25) is 4.79 Å². The van der Waals surface area contributed by atoms with E-state index in [-0.39, 0.29) is 5.91 Å². The minimum Gasteiger partial charge on any atom is -0.363 e. The minimum atomic E-state index is -0.0712. The van der Waals surface area contributed by atoms with Gasteiger partial charge in [0, 0.05) is 33.0 Å². The van der Waals surface area contributed by atoms with E-state index in [1.165, 1.54) is 0 Å². The van der Waals surface area contributed by atoms with Crippen molar-refractivity contribution in [3.05, 3.63) is 66.4 Å². The van der Waals surface area contributed by atoms with Crippen LogP contribution in [0.3, 0.4) is 0 Å². The summed E-state index contributed by atoms with van der Waals surface area (Å²) in [6.45, 7) is 0. The van der Waals surface area contributed by atoms with Gasteiger partial charge in [-0.15, -0.1) is 0 Å². The number of fused-ring (bicyclic) bond motifs is 1. The maximum Gasteiger partial charge on any atom is 0.259 e. The highest BCUT2D eigenvalue weighted by Crippen LogP contribution is 2.22. The van der Waals surface area contributed by atoms with E-state index in [0.717, 1.165) is 22.3 Å². The molecule has 3 aromatic rings. The summed E-state index contributed by atoms with van der Waals surface area (Å²) in [7, 11) is 5.63. The zero-order valence-corrected chi connectivity index (χ0v) is 13.5. The number of carbonyl (C=O) groups excluding carboxylic acids is 1. The number of amides is 1. The van der Waals surface area contributed by atoms with Crippen molar-refractivity contribution in [1.82, 2.24) is 4.98 Å². The first-order chi connectivity index (χ1) is 11.1. The first-order valence-electron chi connectivity index (χ1n) is 7.46. The van der Waals surface area contributed by atoms with E-state index in [1.54, 1.807) is 18.1 Å². The van der Waals surface area contributed by atoms with E-state index >= 15 is 0 Å². The Morgan fingerprint density at radius 1 is 0.913 bits per heavy atom. The SMILES string of the molecule is CN(C)c1ccc(C(=O)N(C)c2ccc3ccccc3c2)cn1. The summed E-state index contributed by atoms with van der Waals surface area (Å²) in [5.74, 6) is 0.757. The maximum absolute atomic E-state index is 12.6. The number of aromatic nitrogens is 1. The van der Waals surface area contributed by atoms with Gasteiger partial charge in [0.25, 0.3) is 5.91 Å². The molecule has 0 radical (unpaired) electrons. The molecule has 3 rings (SSSR count). The monoisotopic (exact) mass is 305 g/mol. The van der Waals surface area contributed by atoms with Crippen molar-refractivity contribution < 1.29 is 4.79 Å². The standard InChI is InChI=1S/C19H19N3O/c1-21(2)18-11-9-16(13-20-18)19(23)22(3)17-10-8-14-6-4-5-7-15(14)12-17/h4-13H,1-3H3. The second-order valence-electron chi connectivity index (χ2n) is 5.70. The van der Waals surface area contributed by atoms with Crippen LogP contribution in [0.5, 0.6) is 0 Å². The smallest absolute Gasteiger partial charge is 0.259 e. The Balaban J connectivity index is 1.88. The summed E-state index contributed by atoms with van der Waals surface area (Å²) >= 11 is 0. The lowest BCUT2D eigenvalue weighted by Crippen LogP contribution is -2.26. The van der Waals surface area contributed by atoms with Crippen LogP contribution in [0.1, 0.15) is 10.4 Å². The van der Waals surface area contributed by atoms with E-state index in [1.807, 2.05) is 67.5 Å². The Labute approximate surface area is 136 Å². The second kappa shape index (κ2) is 6.08. The van der Waals surface area contributed by atoms with E-state index in [4.69, 9.17) is 0 Å². The molecule has 4 nitrogen and oxygen atoms in total. The first-order valence-corrected chi connectivity index (χ1v) is 7.46. The van der Waals surface area contributed by atoms with E-state index in [2.05, 4.69) is 11.1 Å². The molecule has 116 valence electrons. The second-order valence-corrected chi connectivity index (χ2v) is 5.70. The fraction of sp³-hybridized carbons (Fsp3) is 0.158. The van der Waals surface area contributed by atoms with Crippen LogP contribution in [0, 0.1) is 0 Å². The molecular formula is C19H19N3O. The Morgan fingerprint density at radius 2 is 1.65 bits per heavy atom. The van der Waals surface area contributed by atoms with Gasteiger partial charge in [-0.2, -0.15) is 0 Å². The molecule has 0 saturated carbocycles. The Bertz CT molecular complexity index is 841. The molecule has 1 aromatic heterocycles. The number of carbonyl (C=O) groups is 1. The summed E-state index contributed by atoms with van der Waals surface area (Å²) < 4.78 is 0. The highest BCUT2D eigenvalue weighted by molar-refractivity contribution is 6.06. The van der Waals surface area contributed by atoms with Gasteiger partial charge in [0.1, 0.15) is 5.82 Å². The summed E-state index contributed by atoms with van der Waals surface area (Å²) in [6.07, 6.45) is 1.62. The number of pyridine rings is 1. The predicted molar refractivity (Wildman–Crippen MR) is 95.2 cm³/mol. The van der Waals surface area contributed by atoms with Crippen LogP contribution in [0.25, 0.3) is 10.8 Å². The minimum absolute atomic E-state index is 0.0712. The van der Waals surface area contributed by atoms with Gasteiger partial charge >= 0.3 is 0 Å². The quantitative estimate of drug-likeness (QED) is 0.742. The van der Waals surface area contributed by atoms with Gasteiger partial charge < -0.3 is 9.80 Å². The molecule has 4 heteroatoms. The van der Waals surface area contributed by atoms with Crippen molar-refractivity contribution in [2.24, 2.45) is 0 Å². The molecule has 23 heavy (non-hydrogen) atoms. The number of nitrogens with zero attached hydrogens (tertiary/aromatic N) is 3. The van der Waals surface area contributed by atoms with Crippen molar-refractivity contribution in [3.8, 4) is 0 Å². The lowest BCUT2D eigenvalue weighted by atomic mass is 10.1. The number of rotatable bonds is 3. The number of benzene rings is 2. The zero-order valence-electron chi connectivity index (χ0n) is 13.5. The average Bonchev–Trinajstić information content (AvgIpc) is 2.60. The summed E-state index contributed by atoms with van der Waals surface area (Å²) in [6, 6.07) is 17.8. The number of hydrogen-bond acceptors (Lipinski definition) is 3. The lowest BCUT2D eigenvalue weighted by molar-refractivity contribution is 0.0992. The van der Waals surface area contributed by atoms with Crippen LogP contribution in [-0.2, 0) is 0 Å². The van der Waals surface area contributed by atoms with Crippen LogP contribution in [0.2, 0.25) is 0 Å². The fourth-order valence-corrected chi connectivity index (χ4v) is 2.47. The molecule has 0 spiro atoms. The molecular weight excluding hydrogens is 286 g/mol. The molecule has 0 aliphatic heterocycles. The van der Waals surface area contributed by atoms with Gasteiger partial charge in [0.15, 0.2) is 0 Å². The topological polar surface area (TPSA) is 36.4 Å². The van der Waals surface area contributed by atoms with Gasteiger partial charge in [-0.25, -0.2) is 4.98 Å². The first kappa shape index (κ1) is 15.0. The van der Waals surface area contributed by atoms with E-state index in [0.29, 0.717) is 5.56 Å². The van der Waals surface area contributed by atoms with E-state index in [9.17, 15) is 4.79 Å². The highest BCUT2D eigenvalue weighted by atomic mass is 16.2. The molecule has 2 aromatic carbocycles. The Hall–Kier alpha value is -2.88. The summed E-state index contributed by atoms with van der Waals surface area (Å²) in [4.78, 5) is 20.5. The van der Waals surface area contributed by atoms with Crippen LogP contribution in [0.4, 0.5) is 11.5 Å². The summed E-state index contributed by atoms with van der Waals surface area (Å²) in [5, 5.41) is 2.28. The molecule has 0 atom stereocenters. The molecule has 0 N–H and O–H groups in total. The number of anilines is 2. The Kier molecular flexibility index (Phi) is 3.98. The third kappa shape index (κ3) is 3.01. The van der Waals surface area contributed by atoms with Gasteiger partial charge in [0.2, 0.25) is 0 Å². The van der Waals surface area contributed by atoms with Crippen LogP contribution >= 0.6 is 0 Å². The molecule has 1 heterocycles. The van der Waals surface area contributed by atoms with Crippen molar-refractivity contribution in [2.75, 3.05) is 30.9 Å². The number of hydrogen-bond donors (Lipinski definition) is 0. The van der Waals surface area contributed by atoms with Crippen LogP contribution < -0.4 is 9.80 Å². The third-order valence-electron chi connectivity index (χ3n) is 3.88. The molecule has 0 aliphatic rings.